The van der Waals surface area contributed by atoms with Gasteiger partial charge in [0.1, 0.15) is 0 Å². The molecule has 1 aromatic heterocycles. The molecule has 0 spiro atoms. The minimum Gasteiger partial charge on any atom is -0.379 e. The van der Waals surface area contributed by atoms with Crippen molar-refractivity contribution >= 4 is 55.5 Å². The first-order chi connectivity index (χ1) is 16.8. The third-order valence-corrected chi connectivity index (χ3v) is 9.15. The Labute approximate surface area is 213 Å². The van der Waals surface area contributed by atoms with Crippen LogP contribution in [0.5, 0.6) is 0 Å². The molecule has 1 saturated heterocycles. The number of hydrogen-bond acceptors (Lipinski definition) is 9. The Kier molecular flexibility index (Phi) is 8.39. The van der Waals surface area contributed by atoms with Crippen molar-refractivity contribution in [3.05, 3.63) is 54.1 Å². The molecule has 1 fully saturated rings. The average molecular weight is 534 g/mol. The van der Waals surface area contributed by atoms with Crippen LogP contribution in [-0.4, -0.2) is 60.9 Å². The van der Waals surface area contributed by atoms with E-state index in [-0.39, 0.29) is 16.6 Å². The zero-order valence-corrected chi connectivity index (χ0v) is 21.9. The van der Waals surface area contributed by atoms with Gasteiger partial charge in [-0.15, -0.1) is 10.2 Å². The van der Waals surface area contributed by atoms with E-state index in [1.54, 1.807) is 12.1 Å². The highest BCUT2D eigenvalue weighted by molar-refractivity contribution is 8.01. The second kappa shape index (κ2) is 11.5. The van der Waals surface area contributed by atoms with E-state index >= 15 is 0 Å². The van der Waals surface area contributed by atoms with Gasteiger partial charge < -0.3 is 15.4 Å². The Balaban J connectivity index is 1.30. The summed E-state index contributed by atoms with van der Waals surface area (Å²) in [6.45, 7) is 5.68. The van der Waals surface area contributed by atoms with E-state index in [2.05, 4.69) is 46.8 Å². The van der Waals surface area contributed by atoms with Crippen LogP contribution in [0.2, 0.25) is 0 Å². The Morgan fingerprint density at radius 3 is 2.57 bits per heavy atom. The fourth-order valence-corrected chi connectivity index (χ4v) is 6.41. The minimum atomic E-state index is -3.63. The molecule has 1 amide bonds. The number of aromatic nitrogens is 2. The number of benzene rings is 2. The number of rotatable bonds is 9. The van der Waals surface area contributed by atoms with Crippen LogP contribution in [0.1, 0.15) is 25.3 Å². The van der Waals surface area contributed by atoms with E-state index in [1.165, 1.54) is 45.1 Å². The van der Waals surface area contributed by atoms with Gasteiger partial charge in [0.25, 0.3) is 0 Å². The zero-order valence-electron chi connectivity index (χ0n) is 19.4. The normalized spacial score (nSPS) is 14.7. The van der Waals surface area contributed by atoms with Crippen molar-refractivity contribution in [2.24, 2.45) is 0 Å². The van der Waals surface area contributed by atoms with Crippen LogP contribution in [-0.2, 0) is 19.6 Å². The maximum absolute atomic E-state index is 12.8. The summed E-state index contributed by atoms with van der Waals surface area (Å²) >= 11 is 2.63. The lowest BCUT2D eigenvalue weighted by atomic mass is 10.0. The number of nitrogens with one attached hydrogen (secondary N) is 2. The summed E-state index contributed by atoms with van der Waals surface area (Å²) in [5.41, 5.74) is 2.61. The Hall–Kier alpha value is -2.51. The van der Waals surface area contributed by atoms with E-state index in [4.69, 9.17) is 4.74 Å². The van der Waals surface area contributed by atoms with Crippen molar-refractivity contribution in [1.82, 2.24) is 14.5 Å². The van der Waals surface area contributed by atoms with Crippen LogP contribution in [0, 0.1) is 0 Å². The van der Waals surface area contributed by atoms with Gasteiger partial charge in [0.05, 0.1) is 23.9 Å². The summed E-state index contributed by atoms with van der Waals surface area (Å²) in [7, 11) is -3.63. The highest BCUT2D eigenvalue weighted by Crippen LogP contribution is 2.28. The molecule has 186 valence electrons. The fourth-order valence-electron chi connectivity index (χ4n) is 3.39. The van der Waals surface area contributed by atoms with Crippen molar-refractivity contribution in [3.63, 3.8) is 0 Å². The molecule has 0 atom stereocenters. The Morgan fingerprint density at radius 2 is 1.86 bits per heavy atom. The lowest BCUT2D eigenvalue weighted by Gasteiger charge is -2.26. The molecule has 0 bridgehead atoms. The monoisotopic (exact) mass is 533 g/mol. The molecule has 2 aromatic carbocycles. The third kappa shape index (κ3) is 6.79. The van der Waals surface area contributed by atoms with Crippen LogP contribution < -0.4 is 10.6 Å². The smallest absolute Gasteiger partial charge is 0.243 e. The summed E-state index contributed by atoms with van der Waals surface area (Å²) < 4.78 is 33.0. The van der Waals surface area contributed by atoms with Gasteiger partial charge in [0.15, 0.2) is 4.34 Å². The lowest BCUT2D eigenvalue weighted by molar-refractivity contribution is -0.113. The Morgan fingerprint density at radius 1 is 1.11 bits per heavy atom. The van der Waals surface area contributed by atoms with Crippen molar-refractivity contribution < 1.29 is 17.9 Å². The maximum atomic E-state index is 12.8. The van der Waals surface area contributed by atoms with Gasteiger partial charge in [-0.3, -0.25) is 4.79 Å². The zero-order chi connectivity index (χ0) is 24.8. The molecule has 3 aromatic rings. The number of nitrogens with zero attached hydrogens (tertiary/aromatic N) is 3. The van der Waals surface area contributed by atoms with Crippen LogP contribution >= 0.6 is 23.1 Å². The molecule has 12 heteroatoms. The van der Waals surface area contributed by atoms with E-state index in [1.807, 2.05) is 12.1 Å². The summed E-state index contributed by atoms with van der Waals surface area (Å²) in [5, 5.41) is 14.9. The highest BCUT2D eigenvalue weighted by atomic mass is 32.2. The van der Waals surface area contributed by atoms with Crippen molar-refractivity contribution in [2.75, 3.05) is 42.7 Å². The predicted octanol–water partition coefficient (Wildman–Crippen LogP) is 4.16. The average Bonchev–Trinajstić information content (AvgIpc) is 3.31. The van der Waals surface area contributed by atoms with Crippen LogP contribution in [0.15, 0.2) is 57.8 Å². The molecule has 9 nitrogen and oxygen atoms in total. The predicted molar refractivity (Wildman–Crippen MR) is 139 cm³/mol. The van der Waals surface area contributed by atoms with Gasteiger partial charge in [0, 0.05) is 24.5 Å². The first-order valence-electron chi connectivity index (χ1n) is 11.1. The van der Waals surface area contributed by atoms with Gasteiger partial charge in [0.2, 0.25) is 21.1 Å². The van der Waals surface area contributed by atoms with Gasteiger partial charge in [-0.25, -0.2) is 8.42 Å². The van der Waals surface area contributed by atoms with E-state index < -0.39 is 10.0 Å². The summed E-state index contributed by atoms with van der Waals surface area (Å²) in [6, 6.07) is 14.5. The van der Waals surface area contributed by atoms with Crippen molar-refractivity contribution in [2.45, 2.75) is 29.0 Å². The first-order valence-corrected chi connectivity index (χ1v) is 14.4. The van der Waals surface area contributed by atoms with Gasteiger partial charge in [-0.2, -0.15) is 4.31 Å². The fraction of sp³-hybridized carbons (Fsp3) is 0.348. The number of carbonyl (C=O) groups excluding carboxylic acids is 1. The number of sulfonamides is 1. The van der Waals surface area contributed by atoms with E-state index in [0.29, 0.717) is 47.4 Å². The van der Waals surface area contributed by atoms with Crippen LogP contribution in [0.4, 0.5) is 16.5 Å². The number of hydrogen-bond donors (Lipinski definition) is 2. The van der Waals surface area contributed by atoms with Gasteiger partial charge in [-0.05, 0) is 41.8 Å². The molecule has 1 aliphatic heterocycles. The molecule has 4 rings (SSSR count). The minimum absolute atomic E-state index is 0.123. The molecule has 35 heavy (non-hydrogen) atoms. The van der Waals surface area contributed by atoms with Crippen molar-refractivity contribution in [1.29, 1.82) is 0 Å². The molecular weight excluding hydrogens is 506 g/mol. The first kappa shape index (κ1) is 25.6. The molecule has 0 aliphatic carbocycles. The lowest BCUT2D eigenvalue weighted by Crippen LogP contribution is -2.40. The quantitative estimate of drug-likeness (QED) is 0.394. The molecule has 0 radical (unpaired) electrons. The Bertz CT molecular complexity index is 1260. The van der Waals surface area contributed by atoms with Gasteiger partial charge in [-0.1, -0.05) is 55.1 Å². The molecule has 1 aliphatic rings. The molecule has 2 heterocycles. The van der Waals surface area contributed by atoms with E-state index in [0.717, 1.165) is 5.69 Å². The molecular formula is C23H27N5O4S3. The second-order valence-corrected chi connectivity index (χ2v) is 12.3. The largest absolute Gasteiger partial charge is 0.379 e. The topological polar surface area (TPSA) is 114 Å². The number of anilines is 3. The number of thioether (sulfide) groups is 1. The van der Waals surface area contributed by atoms with Crippen LogP contribution in [0.25, 0.3) is 0 Å². The summed E-state index contributed by atoms with van der Waals surface area (Å²) in [6.07, 6.45) is 0. The second-order valence-electron chi connectivity index (χ2n) is 8.16. The van der Waals surface area contributed by atoms with Crippen LogP contribution in [0.3, 0.4) is 0 Å². The number of morpholine rings is 1. The SMILES string of the molecule is CC(C)c1ccc(Nc2nnc(SCC(=O)Nc3cccc(S(=O)(=O)N4CCOCC4)c3)s2)cc1. The molecule has 0 saturated carbocycles. The highest BCUT2D eigenvalue weighted by Gasteiger charge is 2.26. The number of carbonyl (C=O) groups is 1. The number of amides is 1. The summed E-state index contributed by atoms with van der Waals surface area (Å²) in [4.78, 5) is 12.6. The maximum Gasteiger partial charge on any atom is 0.243 e. The van der Waals surface area contributed by atoms with Gasteiger partial charge >= 0.3 is 0 Å². The van der Waals surface area contributed by atoms with E-state index in [9.17, 15) is 13.2 Å². The molecule has 0 unspecified atom stereocenters. The number of ether oxygens (including phenoxy) is 1. The third-order valence-electron chi connectivity index (χ3n) is 5.29. The standard InChI is InChI=1S/C23H27N5O4S3/c1-16(2)17-6-8-18(9-7-17)25-22-26-27-23(34-22)33-15-21(29)24-19-4-3-5-20(14-19)35(30,31)28-10-12-32-13-11-28/h3-9,14,16H,10-13,15H2,1-2H3,(H,24,29)(H,25,26). The van der Waals surface area contributed by atoms with Crippen molar-refractivity contribution in [3.8, 4) is 0 Å². The summed E-state index contributed by atoms with van der Waals surface area (Å²) in [5.74, 6) is 0.333. The molecule has 2 N–H and O–H groups in total.